The lowest BCUT2D eigenvalue weighted by Gasteiger charge is -2.05. The van der Waals surface area contributed by atoms with E-state index < -0.39 is 0 Å². The van der Waals surface area contributed by atoms with Gasteiger partial charge in [0.15, 0.2) is 5.16 Å². The van der Waals surface area contributed by atoms with Gasteiger partial charge in [-0.1, -0.05) is 6.92 Å². The number of rotatable bonds is 5. The molecule has 0 unspecified atom stereocenters. The first kappa shape index (κ1) is 12.7. The van der Waals surface area contributed by atoms with Crippen molar-refractivity contribution in [2.45, 2.75) is 23.4 Å². The third-order valence-corrected chi connectivity index (χ3v) is 3.37. The second-order valence-electron chi connectivity index (χ2n) is 3.78. The van der Waals surface area contributed by atoms with Crippen molar-refractivity contribution in [1.29, 1.82) is 0 Å². The Morgan fingerprint density at radius 1 is 1.56 bits per heavy atom. The van der Waals surface area contributed by atoms with Crippen LogP contribution in [-0.2, 0) is 7.05 Å². The molecule has 0 aromatic carbocycles. The molecule has 2 aromatic rings. The van der Waals surface area contributed by atoms with Crippen LogP contribution in [0.15, 0.2) is 33.2 Å². The van der Waals surface area contributed by atoms with Gasteiger partial charge in [0.25, 0.3) is 0 Å². The Balaban J connectivity index is 2.14. The van der Waals surface area contributed by atoms with Crippen LogP contribution >= 0.6 is 11.8 Å². The third kappa shape index (κ3) is 2.92. The molecule has 6 nitrogen and oxygen atoms in total. The molecular formula is C11H15N5OS. The van der Waals surface area contributed by atoms with Crippen molar-refractivity contribution in [2.75, 3.05) is 11.9 Å². The third-order valence-electron chi connectivity index (χ3n) is 2.34. The van der Waals surface area contributed by atoms with Crippen molar-refractivity contribution in [1.82, 2.24) is 19.7 Å². The summed E-state index contributed by atoms with van der Waals surface area (Å²) in [4.78, 5) is 16.5. The largest absolute Gasteiger partial charge is 0.370 e. The molecule has 7 heteroatoms. The summed E-state index contributed by atoms with van der Waals surface area (Å²) in [5.41, 5.74) is -0.212. The minimum absolute atomic E-state index is 0.212. The van der Waals surface area contributed by atoms with Crippen molar-refractivity contribution in [3.8, 4) is 0 Å². The highest BCUT2D eigenvalue weighted by atomic mass is 32.2. The van der Waals surface area contributed by atoms with Crippen LogP contribution < -0.4 is 11.0 Å². The van der Waals surface area contributed by atoms with Crippen molar-refractivity contribution < 1.29 is 0 Å². The minimum atomic E-state index is -0.212. The molecule has 0 atom stereocenters. The molecule has 0 saturated heterocycles. The Labute approximate surface area is 109 Å². The zero-order valence-electron chi connectivity index (χ0n) is 10.3. The molecule has 18 heavy (non-hydrogen) atoms. The molecule has 96 valence electrons. The summed E-state index contributed by atoms with van der Waals surface area (Å²) in [6.45, 7) is 2.99. The highest BCUT2D eigenvalue weighted by Gasteiger charge is 2.06. The fraction of sp³-hybridized carbons (Fsp3) is 0.364. The van der Waals surface area contributed by atoms with Gasteiger partial charge in [-0.05, 0) is 30.3 Å². The number of anilines is 1. The van der Waals surface area contributed by atoms with Crippen molar-refractivity contribution in [2.24, 2.45) is 7.05 Å². The van der Waals surface area contributed by atoms with Crippen LogP contribution in [0, 0.1) is 0 Å². The van der Waals surface area contributed by atoms with Gasteiger partial charge in [0.05, 0.1) is 0 Å². The summed E-state index contributed by atoms with van der Waals surface area (Å²) in [5.74, 6) is 0.836. The zero-order valence-corrected chi connectivity index (χ0v) is 11.1. The fourth-order valence-electron chi connectivity index (χ4n) is 1.35. The van der Waals surface area contributed by atoms with E-state index in [-0.39, 0.29) is 5.69 Å². The van der Waals surface area contributed by atoms with Gasteiger partial charge in [-0.3, -0.25) is 4.57 Å². The minimum Gasteiger partial charge on any atom is -0.370 e. The van der Waals surface area contributed by atoms with Crippen LogP contribution in [0.1, 0.15) is 13.3 Å². The lowest BCUT2D eigenvalue weighted by molar-refractivity contribution is 0.766. The Kier molecular flexibility index (Phi) is 4.03. The SMILES string of the molecule is CCCNc1cc(Sc2n[nH]c(=O)n2C)ccn1. The first-order chi connectivity index (χ1) is 8.70. The Morgan fingerprint density at radius 3 is 3.06 bits per heavy atom. The molecule has 0 aliphatic heterocycles. The van der Waals surface area contributed by atoms with Crippen LogP contribution in [0.25, 0.3) is 0 Å². The molecule has 2 aromatic heterocycles. The molecule has 0 aliphatic rings. The Morgan fingerprint density at radius 2 is 2.39 bits per heavy atom. The summed E-state index contributed by atoms with van der Waals surface area (Å²) < 4.78 is 1.48. The average molecular weight is 265 g/mol. The van der Waals surface area contributed by atoms with E-state index in [2.05, 4.69) is 27.4 Å². The first-order valence-corrected chi connectivity index (χ1v) is 6.51. The molecule has 2 heterocycles. The van der Waals surface area contributed by atoms with E-state index in [4.69, 9.17) is 0 Å². The zero-order chi connectivity index (χ0) is 13.0. The van der Waals surface area contributed by atoms with Crippen LogP contribution in [0.5, 0.6) is 0 Å². The van der Waals surface area contributed by atoms with Crippen LogP contribution in [-0.4, -0.2) is 26.3 Å². The van der Waals surface area contributed by atoms with E-state index in [0.717, 1.165) is 23.7 Å². The van der Waals surface area contributed by atoms with Gasteiger partial charge < -0.3 is 5.32 Å². The maximum atomic E-state index is 11.2. The predicted molar refractivity (Wildman–Crippen MR) is 71.0 cm³/mol. The van der Waals surface area contributed by atoms with Crippen LogP contribution in [0.3, 0.4) is 0 Å². The average Bonchev–Trinajstić information content (AvgIpc) is 2.69. The quantitative estimate of drug-likeness (QED) is 0.856. The molecule has 0 spiro atoms. The summed E-state index contributed by atoms with van der Waals surface area (Å²) in [6.07, 6.45) is 2.79. The fourth-order valence-corrected chi connectivity index (χ4v) is 2.18. The van der Waals surface area contributed by atoms with E-state index in [1.807, 2.05) is 12.1 Å². The topological polar surface area (TPSA) is 75.6 Å². The number of nitrogens with one attached hydrogen (secondary N) is 2. The number of hydrogen-bond donors (Lipinski definition) is 2. The van der Waals surface area contributed by atoms with Gasteiger partial charge in [0, 0.05) is 24.7 Å². The summed E-state index contributed by atoms with van der Waals surface area (Å²) in [7, 11) is 1.69. The second kappa shape index (κ2) is 5.72. The second-order valence-corrected chi connectivity index (χ2v) is 4.82. The number of aromatic amines is 1. The van der Waals surface area contributed by atoms with Gasteiger partial charge in [-0.15, -0.1) is 5.10 Å². The van der Waals surface area contributed by atoms with Crippen LogP contribution in [0.2, 0.25) is 0 Å². The standard InChI is InChI=1S/C11H15N5OS/c1-3-5-12-9-7-8(4-6-13-9)18-11-15-14-10(17)16(11)2/h4,6-7H,3,5H2,1-2H3,(H,12,13)(H,14,17). The molecule has 0 amide bonds. The van der Waals surface area contributed by atoms with Crippen LogP contribution in [0.4, 0.5) is 5.82 Å². The van der Waals surface area contributed by atoms with Gasteiger partial charge >= 0.3 is 5.69 Å². The maximum Gasteiger partial charge on any atom is 0.343 e. The maximum absolute atomic E-state index is 11.2. The molecule has 0 aliphatic carbocycles. The highest BCUT2D eigenvalue weighted by Crippen LogP contribution is 2.25. The monoisotopic (exact) mass is 265 g/mol. The molecule has 0 saturated carbocycles. The van der Waals surface area contributed by atoms with Crippen molar-refractivity contribution in [3.63, 3.8) is 0 Å². The summed E-state index contributed by atoms with van der Waals surface area (Å²) in [5, 5.41) is 10.2. The number of nitrogens with zero attached hydrogens (tertiary/aromatic N) is 3. The lowest BCUT2D eigenvalue weighted by atomic mass is 10.4. The van der Waals surface area contributed by atoms with E-state index >= 15 is 0 Å². The predicted octanol–water partition coefficient (Wildman–Crippen LogP) is 1.48. The molecule has 0 radical (unpaired) electrons. The smallest absolute Gasteiger partial charge is 0.343 e. The normalized spacial score (nSPS) is 10.6. The number of H-pyrrole nitrogens is 1. The van der Waals surface area contributed by atoms with E-state index in [1.54, 1.807) is 13.2 Å². The van der Waals surface area contributed by atoms with Gasteiger partial charge in [-0.25, -0.2) is 14.9 Å². The molecule has 2 N–H and O–H groups in total. The Bertz CT molecular complexity index is 577. The van der Waals surface area contributed by atoms with Gasteiger partial charge in [0.1, 0.15) is 5.82 Å². The number of pyridine rings is 1. The van der Waals surface area contributed by atoms with Crippen molar-refractivity contribution >= 4 is 17.6 Å². The highest BCUT2D eigenvalue weighted by molar-refractivity contribution is 7.99. The Hall–Kier alpha value is -1.76. The summed E-state index contributed by atoms with van der Waals surface area (Å²) in [6, 6.07) is 3.83. The van der Waals surface area contributed by atoms with E-state index in [1.165, 1.54) is 16.3 Å². The molecule has 2 rings (SSSR count). The molecule has 0 fully saturated rings. The number of aromatic nitrogens is 4. The van der Waals surface area contributed by atoms with Gasteiger partial charge in [0.2, 0.25) is 0 Å². The van der Waals surface area contributed by atoms with E-state index in [9.17, 15) is 4.79 Å². The molecular weight excluding hydrogens is 250 g/mol. The first-order valence-electron chi connectivity index (χ1n) is 5.70. The van der Waals surface area contributed by atoms with Crippen molar-refractivity contribution in [3.05, 3.63) is 28.8 Å². The molecule has 0 bridgehead atoms. The number of hydrogen-bond acceptors (Lipinski definition) is 5. The van der Waals surface area contributed by atoms with E-state index in [0.29, 0.717) is 5.16 Å². The van der Waals surface area contributed by atoms with Gasteiger partial charge in [-0.2, -0.15) is 0 Å². The summed E-state index contributed by atoms with van der Waals surface area (Å²) >= 11 is 1.42. The lowest BCUT2D eigenvalue weighted by Crippen LogP contribution is -2.12.